The van der Waals surface area contributed by atoms with Crippen LogP contribution in [0.15, 0.2) is 0 Å². The minimum Gasteiger partial charge on any atom is -0.337 e. The lowest BCUT2D eigenvalue weighted by Crippen LogP contribution is -2.47. The van der Waals surface area contributed by atoms with Gasteiger partial charge >= 0.3 is 6.03 Å². The first-order valence-corrected chi connectivity index (χ1v) is 7.58. The highest BCUT2D eigenvalue weighted by molar-refractivity contribution is 5.74. The fraction of sp³-hybridized carbons (Fsp3) is 0.929. The molecule has 0 aromatic heterocycles. The monoisotopic (exact) mass is 253 g/mol. The zero-order valence-electron chi connectivity index (χ0n) is 11.6. The Morgan fingerprint density at radius 2 is 1.94 bits per heavy atom. The van der Waals surface area contributed by atoms with E-state index in [0.29, 0.717) is 12.1 Å². The minimum atomic E-state index is 0.0323. The summed E-state index contributed by atoms with van der Waals surface area (Å²) in [5.41, 5.74) is 0. The van der Waals surface area contributed by atoms with Gasteiger partial charge in [0.2, 0.25) is 0 Å². The minimum absolute atomic E-state index is 0.0323. The zero-order valence-corrected chi connectivity index (χ0v) is 11.6. The smallest absolute Gasteiger partial charge is 0.315 e. The Labute approximate surface area is 110 Å². The molecule has 0 radical (unpaired) electrons. The standard InChI is InChI=1S/C14H27N3O/c1-2-17-10-6-9-13(17)11-15-14(18)16-12-7-4-3-5-8-12/h12-13H,2-11H2,1H3,(H2,15,16,18)/t13-/m1/s1. The molecule has 1 aliphatic heterocycles. The summed E-state index contributed by atoms with van der Waals surface area (Å²) in [6, 6.07) is 0.988. The van der Waals surface area contributed by atoms with Crippen LogP contribution in [0.2, 0.25) is 0 Å². The van der Waals surface area contributed by atoms with Crippen LogP contribution in [0.1, 0.15) is 51.9 Å². The number of likely N-dealkylation sites (N-methyl/N-ethyl adjacent to an activating group) is 1. The number of nitrogens with one attached hydrogen (secondary N) is 2. The molecule has 18 heavy (non-hydrogen) atoms. The van der Waals surface area contributed by atoms with Crippen molar-refractivity contribution in [1.29, 1.82) is 0 Å². The van der Waals surface area contributed by atoms with Crippen molar-refractivity contribution in [3.63, 3.8) is 0 Å². The summed E-state index contributed by atoms with van der Waals surface area (Å²) in [5, 5.41) is 6.15. The van der Waals surface area contributed by atoms with Gasteiger partial charge in [0.05, 0.1) is 0 Å². The zero-order chi connectivity index (χ0) is 12.8. The lowest BCUT2D eigenvalue weighted by molar-refractivity contribution is 0.222. The van der Waals surface area contributed by atoms with E-state index in [1.54, 1.807) is 0 Å². The maximum Gasteiger partial charge on any atom is 0.315 e. The fourth-order valence-electron chi connectivity index (χ4n) is 3.24. The molecule has 1 saturated carbocycles. The van der Waals surface area contributed by atoms with Crippen LogP contribution in [0.25, 0.3) is 0 Å². The Bertz CT molecular complexity index is 264. The van der Waals surface area contributed by atoms with E-state index in [4.69, 9.17) is 0 Å². The second-order valence-corrected chi connectivity index (χ2v) is 5.61. The Morgan fingerprint density at radius 3 is 2.67 bits per heavy atom. The van der Waals surface area contributed by atoms with Crippen LogP contribution in [-0.2, 0) is 0 Å². The summed E-state index contributed by atoms with van der Waals surface area (Å²) < 4.78 is 0. The van der Waals surface area contributed by atoms with Gasteiger partial charge < -0.3 is 10.6 Å². The van der Waals surface area contributed by atoms with Gasteiger partial charge in [0, 0.05) is 18.6 Å². The van der Waals surface area contributed by atoms with Crippen molar-refractivity contribution in [2.75, 3.05) is 19.6 Å². The van der Waals surface area contributed by atoms with Crippen LogP contribution in [-0.4, -0.2) is 42.6 Å². The molecule has 2 rings (SSSR count). The van der Waals surface area contributed by atoms with Crippen molar-refractivity contribution < 1.29 is 4.79 Å². The third-order valence-corrected chi connectivity index (χ3v) is 4.34. The Morgan fingerprint density at radius 1 is 1.17 bits per heavy atom. The molecule has 1 saturated heterocycles. The van der Waals surface area contributed by atoms with E-state index in [1.165, 1.54) is 38.6 Å². The molecule has 2 aliphatic rings. The number of carbonyl (C=O) groups excluding carboxylic acids is 1. The number of likely N-dealkylation sites (tertiary alicyclic amines) is 1. The molecule has 2 fully saturated rings. The lowest BCUT2D eigenvalue weighted by Gasteiger charge is -2.25. The second-order valence-electron chi connectivity index (χ2n) is 5.61. The summed E-state index contributed by atoms with van der Waals surface area (Å²) in [4.78, 5) is 14.3. The normalized spacial score (nSPS) is 26.2. The van der Waals surface area contributed by atoms with Gasteiger partial charge in [-0.1, -0.05) is 26.2 Å². The Kier molecular flexibility index (Phi) is 5.29. The molecule has 4 heteroatoms. The first-order chi connectivity index (χ1) is 8.79. The van der Waals surface area contributed by atoms with Crippen molar-refractivity contribution in [1.82, 2.24) is 15.5 Å². The molecule has 0 spiro atoms. The SMILES string of the molecule is CCN1CCC[C@@H]1CNC(=O)NC1CCCCC1. The molecule has 104 valence electrons. The van der Waals surface area contributed by atoms with Crippen molar-refractivity contribution in [3.8, 4) is 0 Å². The van der Waals surface area contributed by atoms with E-state index < -0.39 is 0 Å². The molecule has 0 unspecified atom stereocenters. The topological polar surface area (TPSA) is 44.4 Å². The number of rotatable bonds is 4. The number of urea groups is 1. The highest BCUT2D eigenvalue weighted by Crippen LogP contribution is 2.17. The molecule has 2 amide bonds. The highest BCUT2D eigenvalue weighted by atomic mass is 16.2. The number of hydrogen-bond acceptors (Lipinski definition) is 2. The average molecular weight is 253 g/mol. The average Bonchev–Trinajstić information content (AvgIpc) is 2.85. The van der Waals surface area contributed by atoms with Gasteiger partial charge in [-0.25, -0.2) is 4.79 Å². The molecule has 4 nitrogen and oxygen atoms in total. The van der Waals surface area contributed by atoms with Crippen LogP contribution in [0.3, 0.4) is 0 Å². The molecule has 0 aromatic carbocycles. The van der Waals surface area contributed by atoms with Crippen molar-refractivity contribution in [3.05, 3.63) is 0 Å². The third kappa shape index (κ3) is 3.87. The molecular weight excluding hydrogens is 226 g/mol. The van der Waals surface area contributed by atoms with E-state index in [0.717, 1.165) is 25.9 Å². The van der Waals surface area contributed by atoms with Gasteiger partial charge in [-0.3, -0.25) is 4.90 Å². The Hall–Kier alpha value is -0.770. The van der Waals surface area contributed by atoms with Gasteiger partial charge in [0.25, 0.3) is 0 Å². The molecule has 1 atom stereocenters. The van der Waals surface area contributed by atoms with Crippen LogP contribution in [0, 0.1) is 0 Å². The van der Waals surface area contributed by atoms with Gasteiger partial charge in [-0.15, -0.1) is 0 Å². The molecule has 1 aliphatic carbocycles. The lowest BCUT2D eigenvalue weighted by atomic mass is 9.96. The number of hydrogen-bond donors (Lipinski definition) is 2. The van der Waals surface area contributed by atoms with Crippen molar-refractivity contribution in [2.24, 2.45) is 0 Å². The third-order valence-electron chi connectivity index (χ3n) is 4.34. The number of carbonyl (C=O) groups is 1. The largest absolute Gasteiger partial charge is 0.337 e. The highest BCUT2D eigenvalue weighted by Gasteiger charge is 2.23. The van der Waals surface area contributed by atoms with E-state index in [9.17, 15) is 4.79 Å². The van der Waals surface area contributed by atoms with Gasteiger partial charge in [-0.2, -0.15) is 0 Å². The number of nitrogens with zero attached hydrogens (tertiary/aromatic N) is 1. The first kappa shape index (κ1) is 13.7. The van der Waals surface area contributed by atoms with Crippen LogP contribution < -0.4 is 10.6 Å². The maximum atomic E-state index is 11.8. The summed E-state index contributed by atoms with van der Waals surface area (Å²) in [5.74, 6) is 0. The van der Waals surface area contributed by atoms with Crippen LogP contribution >= 0.6 is 0 Å². The van der Waals surface area contributed by atoms with E-state index in [2.05, 4.69) is 22.5 Å². The van der Waals surface area contributed by atoms with Gasteiger partial charge in [0.1, 0.15) is 0 Å². The molecule has 2 N–H and O–H groups in total. The molecular formula is C14H27N3O. The summed E-state index contributed by atoms with van der Waals surface area (Å²) in [6.45, 7) is 5.27. The van der Waals surface area contributed by atoms with Crippen molar-refractivity contribution in [2.45, 2.75) is 64.0 Å². The van der Waals surface area contributed by atoms with Gasteiger partial charge in [0.15, 0.2) is 0 Å². The first-order valence-electron chi connectivity index (χ1n) is 7.58. The van der Waals surface area contributed by atoms with Crippen molar-refractivity contribution >= 4 is 6.03 Å². The maximum absolute atomic E-state index is 11.8. The molecule has 0 aromatic rings. The second kappa shape index (κ2) is 6.98. The quantitative estimate of drug-likeness (QED) is 0.806. The van der Waals surface area contributed by atoms with E-state index in [1.807, 2.05) is 0 Å². The summed E-state index contributed by atoms with van der Waals surface area (Å²) >= 11 is 0. The summed E-state index contributed by atoms with van der Waals surface area (Å²) in [7, 11) is 0. The van der Waals surface area contributed by atoms with Crippen LogP contribution in [0.4, 0.5) is 4.79 Å². The fourth-order valence-corrected chi connectivity index (χ4v) is 3.24. The number of amides is 2. The predicted molar refractivity (Wildman–Crippen MR) is 73.7 cm³/mol. The molecule has 0 bridgehead atoms. The molecule has 1 heterocycles. The van der Waals surface area contributed by atoms with Gasteiger partial charge in [-0.05, 0) is 38.8 Å². The van der Waals surface area contributed by atoms with Crippen LogP contribution in [0.5, 0.6) is 0 Å². The van der Waals surface area contributed by atoms with E-state index >= 15 is 0 Å². The predicted octanol–water partition coefficient (Wildman–Crippen LogP) is 2.10. The Balaban J connectivity index is 1.64. The van der Waals surface area contributed by atoms with E-state index in [-0.39, 0.29) is 6.03 Å². The summed E-state index contributed by atoms with van der Waals surface area (Å²) in [6.07, 6.45) is 8.64.